The Hall–Kier alpha value is -1.45. The highest BCUT2D eigenvalue weighted by atomic mass is 16.5. The largest absolute Gasteiger partial charge is 0.378 e. The molecule has 3 heteroatoms. The van der Waals surface area contributed by atoms with E-state index in [9.17, 15) is 0 Å². The fraction of sp³-hybridized carbons (Fsp3) is 0.471. The minimum Gasteiger partial charge on any atom is -0.378 e. The summed E-state index contributed by atoms with van der Waals surface area (Å²) in [6.45, 7) is 3.09. The van der Waals surface area contributed by atoms with Gasteiger partial charge in [-0.3, -0.25) is 4.98 Å². The maximum absolute atomic E-state index is 5.88. The highest BCUT2D eigenvalue weighted by Crippen LogP contribution is 2.36. The monoisotopic (exact) mass is 270 g/mol. The molecule has 1 aliphatic heterocycles. The molecule has 2 aromatic rings. The van der Waals surface area contributed by atoms with Gasteiger partial charge in [0.2, 0.25) is 0 Å². The van der Waals surface area contributed by atoms with Crippen molar-refractivity contribution in [1.82, 2.24) is 10.3 Å². The predicted molar refractivity (Wildman–Crippen MR) is 81.7 cm³/mol. The minimum atomic E-state index is 0.329. The second-order valence-corrected chi connectivity index (χ2v) is 5.45. The van der Waals surface area contributed by atoms with Crippen LogP contribution in [0.2, 0.25) is 0 Å². The second kappa shape index (κ2) is 5.90. The smallest absolute Gasteiger partial charge is 0.0705 e. The molecule has 1 N–H and O–H groups in total. The molecule has 3 nitrogen and oxygen atoms in total. The summed E-state index contributed by atoms with van der Waals surface area (Å²) in [5, 5.41) is 4.76. The van der Waals surface area contributed by atoms with Gasteiger partial charge < -0.3 is 10.1 Å². The third-order valence-corrected chi connectivity index (χ3v) is 4.42. The molecule has 0 aliphatic carbocycles. The van der Waals surface area contributed by atoms with Crippen molar-refractivity contribution in [2.45, 2.75) is 31.9 Å². The molecule has 1 aromatic heterocycles. The van der Waals surface area contributed by atoms with Gasteiger partial charge >= 0.3 is 0 Å². The van der Waals surface area contributed by atoms with E-state index in [0.29, 0.717) is 18.1 Å². The number of nitrogens with zero attached hydrogens (tertiary/aromatic N) is 1. The van der Waals surface area contributed by atoms with Crippen LogP contribution in [0, 0.1) is 5.92 Å². The first-order valence-corrected chi connectivity index (χ1v) is 7.47. The number of nitrogens with one attached hydrogen (secondary N) is 1. The molecule has 3 rings (SSSR count). The lowest BCUT2D eigenvalue weighted by Crippen LogP contribution is -2.30. The summed E-state index contributed by atoms with van der Waals surface area (Å²) in [6, 6.07) is 10.9. The van der Waals surface area contributed by atoms with Crippen LogP contribution < -0.4 is 5.32 Å². The Labute approximate surface area is 120 Å². The standard InChI is InChI=1S/C17H22N2O/c1-3-16-14(9-11-20-16)17(18-2)13-6-4-8-15-12(13)7-5-10-19-15/h4-8,10,14,16-18H,3,9,11H2,1-2H3. The Morgan fingerprint density at radius 2 is 2.25 bits per heavy atom. The van der Waals surface area contributed by atoms with Crippen LogP contribution in [0.25, 0.3) is 10.9 Å². The van der Waals surface area contributed by atoms with E-state index in [4.69, 9.17) is 4.74 Å². The van der Waals surface area contributed by atoms with E-state index in [0.717, 1.165) is 25.0 Å². The van der Waals surface area contributed by atoms with Gasteiger partial charge in [-0.25, -0.2) is 0 Å². The SMILES string of the molecule is CCC1OCCC1C(NC)c1cccc2ncccc12. The Balaban J connectivity index is 2.03. The van der Waals surface area contributed by atoms with Gasteiger partial charge in [-0.05, 0) is 37.6 Å². The van der Waals surface area contributed by atoms with Gasteiger partial charge in [0.05, 0.1) is 11.6 Å². The Kier molecular flexibility index (Phi) is 3.99. The van der Waals surface area contributed by atoms with Crippen LogP contribution in [0.4, 0.5) is 0 Å². The maximum atomic E-state index is 5.88. The summed E-state index contributed by atoms with van der Waals surface area (Å²) in [4.78, 5) is 4.47. The van der Waals surface area contributed by atoms with E-state index < -0.39 is 0 Å². The molecule has 0 radical (unpaired) electrons. The summed E-state index contributed by atoms with van der Waals surface area (Å²) >= 11 is 0. The summed E-state index contributed by atoms with van der Waals surface area (Å²) in [5.74, 6) is 0.538. The molecule has 3 unspecified atom stereocenters. The first kappa shape index (κ1) is 13.5. The fourth-order valence-corrected chi connectivity index (χ4v) is 3.47. The van der Waals surface area contributed by atoms with Crippen molar-refractivity contribution >= 4 is 10.9 Å². The zero-order chi connectivity index (χ0) is 13.9. The normalized spacial score (nSPS) is 24.1. The van der Waals surface area contributed by atoms with Crippen molar-refractivity contribution in [1.29, 1.82) is 0 Å². The zero-order valence-corrected chi connectivity index (χ0v) is 12.2. The summed E-state index contributed by atoms with van der Waals surface area (Å²) in [6.07, 6.45) is 4.42. The Morgan fingerprint density at radius 3 is 3.05 bits per heavy atom. The molecule has 1 aliphatic rings. The van der Waals surface area contributed by atoms with Gasteiger partial charge in [-0.1, -0.05) is 25.1 Å². The molecule has 20 heavy (non-hydrogen) atoms. The first-order chi connectivity index (χ1) is 9.85. The number of pyridine rings is 1. The molecular weight excluding hydrogens is 248 g/mol. The van der Waals surface area contributed by atoms with Crippen molar-refractivity contribution in [3.8, 4) is 0 Å². The fourth-order valence-electron chi connectivity index (χ4n) is 3.47. The molecule has 1 saturated heterocycles. The van der Waals surface area contributed by atoms with Crippen LogP contribution in [-0.4, -0.2) is 24.7 Å². The van der Waals surface area contributed by atoms with Crippen molar-refractivity contribution in [3.63, 3.8) is 0 Å². The molecule has 0 amide bonds. The van der Waals surface area contributed by atoms with Crippen LogP contribution in [0.1, 0.15) is 31.4 Å². The van der Waals surface area contributed by atoms with Gasteiger partial charge in [0.1, 0.15) is 0 Å². The van der Waals surface area contributed by atoms with Crippen LogP contribution in [-0.2, 0) is 4.74 Å². The Morgan fingerprint density at radius 1 is 1.35 bits per heavy atom. The lowest BCUT2D eigenvalue weighted by molar-refractivity contribution is 0.0784. The molecule has 0 spiro atoms. The van der Waals surface area contributed by atoms with Crippen LogP contribution >= 0.6 is 0 Å². The second-order valence-electron chi connectivity index (χ2n) is 5.45. The van der Waals surface area contributed by atoms with Crippen molar-refractivity contribution in [2.75, 3.05) is 13.7 Å². The van der Waals surface area contributed by atoms with Crippen molar-refractivity contribution in [2.24, 2.45) is 5.92 Å². The summed E-state index contributed by atoms with van der Waals surface area (Å²) < 4.78 is 5.88. The number of hydrogen-bond donors (Lipinski definition) is 1. The third kappa shape index (κ3) is 2.32. The maximum Gasteiger partial charge on any atom is 0.0705 e. The van der Waals surface area contributed by atoms with Gasteiger partial charge in [-0.2, -0.15) is 0 Å². The van der Waals surface area contributed by atoms with Crippen LogP contribution in [0.5, 0.6) is 0 Å². The summed E-state index contributed by atoms with van der Waals surface area (Å²) in [7, 11) is 2.05. The van der Waals surface area contributed by atoms with Gasteiger partial charge in [0.25, 0.3) is 0 Å². The first-order valence-electron chi connectivity index (χ1n) is 7.47. The highest BCUT2D eigenvalue weighted by Gasteiger charge is 2.34. The third-order valence-electron chi connectivity index (χ3n) is 4.42. The van der Waals surface area contributed by atoms with E-state index in [1.165, 1.54) is 10.9 Å². The average molecular weight is 270 g/mol. The molecule has 1 fully saturated rings. The number of aromatic nitrogens is 1. The number of fused-ring (bicyclic) bond motifs is 1. The van der Waals surface area contributed by atoms with E-state index in [1.807, 2.05) is 19.3 Å². The summed E-state index contributed by atoms with van der Waals surface area (Å²) in [5.41, 5.74) is 2.41. The predicted octanol–water partition coefficient (Wildman–Crippen LogP) is 3.31. The number of ether oxygens (including phenoxy) is 1. The van der Waals surface area contributed by atoms with Crippen molar-refractivity contribution in [3.05, 3.63) is 42.1 Å². The van der Waals surface area contributed by atoms with E-state index in [2.05, 4.69) is 41.5 Å². The molecule has 1 aromatic carbocycles. The minimum absolute atomic E-state index is 0.329. The van der Waals surface area contributed by atoms with Crippen LogP contribution in [0.3, 0.4) is 0 Å². The molecule has 3 atom stereocenters. The average Bonchev–Trinajstić information content (AvgIpc) is 2.97. The zero-order valence-electron chi connectivity index (χ0n) is 12.2. The number of benzene rings is 1. The van der Waals surface area contributed by atoms with Gasteiger partial charge in [0.15, 0.2) is 0 Å². The van der Waals surface area contributed by atoms with E-state index in [-0.39, 0.29) is 0 Å². The Bertz CT molecular complexity index is 579. The van der Waals surface area contributed by atoms with Crippen LogP contribution in [0.15, 0.2) is 36.5 Å². The molecular formula is C17H22N2O. The lowest BCUT2D eigenvalue weighted by atomic mass is 9.85. The molecule has 0 bridgehead atoms. The van der Waals surface area contributed by atoms with E-state index >= 15 is 0 Å². The van der Waals surface area contributed by atoms with Crippen molar-refractivity contribution < 1.29 is 4.74 Å². The number of hydrogen-bond acceptors (Lipinski definition) is 3. The van der Waals surface area contributed by atoms with Gasteiger partial charge in [0, 0.05) is 30.1 Å². The highest BCUT2D eigenvalue weighted by molar-refractivity contribution is 5.82. The number of rotatable bonds is 4. The topological polar surface area (TPSA) is 34.1 Å². The molecule has 2 heterocycles. The van der Waals surface area contributed by atoms with Gasteiger partial charge in [-0.15, -0.1) is 0 Å². The molecule has 106 valence electrons. The molecule has 0 saturated carbocycles. The van der Waals surface area contributed by atoms with E-state index in [1.54, 1.807) is 0 Å². The lowest BCUT2D eigenvalue weighted by Gasteiger charge is -2.28. The quantitative estimate of drug-likeness (QED) is 0.925.